The van der Waals surface area contributed by atoms with Gasteiger partial charge in [0.05, 0.1) is 6.42 Å². The Morgan fingerprint density at radius 1 is 0.946 bits per heavy atom. The number of hydrogen-bond donors (Lipinski definition) is 3. The van der Waals surface area contributed by atoms with Crippen molar-refractivity contribution in [2.75, 3.05) is 11.9 Å². The van der Waals surface area contributed by atoms with Gasteiger partial charge in [0.2, 0.25) is 11.8 Å². The van der Waals surface area contributed by atoms with Crippen molar-refractivity contribution in [3.8, 4) is 0 Å². The molecule has 0 fully saturated rings. The number of para-hydroxylation sites is 1. The van der Waals surface area contributed by atoms with Crippen molar-refractivity contribution in [2.24, 2.45) is 5.73 Å². The number of likely N-dealkylation sites (N-methyl/N-ethyl adjacent to an activating group) is 1. The third-order valence-corrected chi connectivity index (χ3v) is 5.79. The molecule has 2 aromatic rings. The standard InChI is InChI=1S/C28H38N4O5/c1-8-32(26(35)21(16-22(29)33)30-27(36)37-28(5,6)7)24(20-15-10-9-12-17(20)2)25(34)31-23-18(3)13-11-14-19(23)4/h9-15,21,24H,8,16H2,1-7H3,(H2,29,33)(H,30,36)(H,31,34). The molecule has 4 N–H and O–H groups in total. The third kappa shape index (κ3) is 8.06. The molecule has 0 aliphatic rings. The highest BCUT2D eigenvalue weighted by atomic mass is 16.6. The van der Waals surface area contributed by atoms with E-state index in [9.17, 15) is 19.2 Å². The van der Waals surface area contributed by atoms with Crippen LogP contribution in [0.5, 0.6) is 0 Å². The zero-order chi connectivity index (χ0) is 27.9. The third-order valence-electron chi connectivity index (χ3n) is 5.79. The lowest BCUT2D eigenvalue weighted by Gasteiger charge is -2.34. The number of anilines is 1. The smallest absolute Gasteiger partial charge is 0.408 e. The summed E-state index contributed by atoms with van der Waals surface area (Å²) >= 11 is 0. The molecule has 0 saturated heterocycles. The monoisotopic (exact) mass is 510 g/mol. The summed E-state index contributed by atoms with van der Waals surface area (Å²) in [5.74, 6) is -1.83. The average Bonchev–Trinajstić information content (AvgIpc) is 2.78. The van der Waals surface area contributed by atoms with E-state index in [0.29, 0.717) is 11.3 Å². The van der Waals surface area contributed by atoms with Crippen LogP contribution in [0.4, 0.5) is 10.5 Å². The van der Waals surface area contributed by atoms with Crippen molar-refractivity contribution in [1.82, 2.24) is 10.2 Å². The Hall–Kier alpha value is -3.88. The van der Waals surface area contributed by atoms with Gasteiger partial charge in [-0.1, -0.05) is 42.5 Å². The fourth-order valence-electron chi connectivity index (χ4n) is 4.06. The molecule has 9 nitrogen and oxygen atoms in total. The van der Waals surface area contributed by atoms with E-state index in [0.717, 1.165) is 16.7 Å². The van der Waals surface area contributed by atoms with Crippen LogP contribution in [0.25, 0.3) is 0 Å². The predicted molar refractivity (Wildman–Crippen MR) is 143 cm³/mol. The number of alkyl carbamates (subject to hydrolysis) is 1. The van der Waals surface area contributed by atoms with Crippen LogP contribution < -0.4 is 16.4 Å². The summed E-state index contributed by atoms with van der Waals surface area (Å²) in [6.45, 7) is 12.5. The molecule has 9 heteroatoms. The van der Waals surface area contributed by atoms with E-state index in [2.05, 4.69) is 10.6 Å². The first-order valence-corrected chi connectivity index (χ1v) is 12.3. The van der Waals surface area contributed by atoms with Crippen LogP contribution in [0, 0.1) is 20.8 Å². The van der Waals surface area contributed by atoms with Gasteiger partial charge in [0.15, 0.2) is 0 Å². The summed E-state index contributed by atoms with van der Waals surface area (Å²) in [5, 5.41) is 5.45. The summed E-state index contributed by atoms with van der Waals surface area (Å²) < 4.78 is 5.28. The van der Waals surface area contributed by atoms with Crippen molar-refractivity contribution >= 4 is 29.5 Å². The molecule has 0 aliphatic heterocycles. The van der Waals surface area contributed by atoms with E-state index >= 15 is 0 Å². The summed E-state index contributed by atoms with van der Waals surface area (Å²) in [5.41, 5.74) is 8.44. The van der Waals surface area contributed by atoms with Crippen LogP contribution in [0.3, 0.4) is 0 Å². The highest BCUT2D eigenvalue weighted by Gasteiger charge is 2.37. The van der Waals surface area contributed by atoms with Gasteiger partial charge in [0.1, 0.15) is 17.7 Å². The summed E-state index contributed by atoms with van der Waals surface area (Å²) in [4.78, 5) is 53.3. The molecule has 2 rings (SSSR count). The number of hydrogen-bond acceptors (Lipinski definition) is 5. The quantitative estimate of drug-likeness (QED) is 0.471. The minimum atomic E-state index is -1.31. The van der Waals surface area contributed by atoms with E-state index in [4.69, 9.17) is 10.5 Å². The Morgan fingerprint density at radius 3 is 2.03 bits per heavy atom. The van der Waals surface area contributed by atoms with Gasteiger partial charge in [-0.15, -0.1) is 0 Å². The van der Waals surface area contributed by atoms with Crippen molar-refractivity contribution in [3.05, 3.63) is 64.7 Å². The van der Waals surface area contributed by atoms with Crippen LogP contribution in [0.2, 0.25) is 0 Å². The molecule has 2 aromatic carbocycles. The molecule has 0 bridgehead atoms. The van der Waals surface area contributed by atoms with Crippen LogP contribution >= 0.6 is 0 Å². The first-order chi connectivity index (χ1) is 17.2. The molecule has 0 aliphatic carbocycles. The van der Waals surface area contributed by atoms with Crippen LogP contribution in [-0.2, 0) is 19.1 Å². The molecule has 2 unspecified atom stereocenters. The number of nitrogens with zero attached hydrogens (tertiary/aromatic N) is 1. The Morgan fingerprint density at radius 2 is 1.51 bits per heavy atom. The number of nitrogens with one attached hydrogen (secondary N) is 2. The van der Waals surface area contributed by atoms with Gasteiger partial charge in [-0.3, -0.25) is 14.4 Å². The molecule has 0 saturated carbocycles. The first-order valence-electron chi connectivity index (χ1n) is 12.3. The molecular formula is C28H38N4O5. The maximum atomic E-state index is 13.8. The molecule has 0 heterocycles. The Bertz CT molecular complexity index is 1140. The maximum absolute atomic E-state index is 13.8. The maximum Gasteiger partial charge on any atom is 0.408 e. The SMILES string of the molecule is CCN(C(=O)C(CC(N)=O)NC(=O)OC(C)(C)C)C(C(=O)Nc1c(C)cccc1C)c1ccccc1C. The van der Waals surface area contributed by atoms with E-state index < -0.39 is 47.9 Å². The van der Waals surface area contributed by atoms with Crippen molar-refractivity contribution in [2.45, 2.75) is 72.6 Å². The first kappa shape index (κ1) is 29.4. The largest absolute Gasteiger partial charge is 0.444 e. The zero-order valence-electron chi connectivity index (χ0n) is 22.7. The molecular weight excluding hydrogens is 472 g/mol. The van der Waals surface area contributed by atoms with Gasteiger partial charge >= 0.3 is 6.09 Å². The fraction of sp³-hybridized carbons (Fsp3) is 0.429. The Kier molecular flexibility index (Phi) is 9.82. The molecule has 4 amide bonds. The number of rotatable bonds is 9. The van der Waals surface area contributed by atoms with Gasteiger partial charge in [0, 0.05) is 12.2 Å². The number of ether oxygens (including phenoxy) is 1. The fourth-order valence-corrected chi connectivity index (χ4v) is 4.06. The van der Waals surface area contributed by atoms with E-state index in [1.54, 1.807) is 39.8 Å². The number of amides is 4. The normalized spacial score (nSPS) is 12.7. The van der Waals surface area contributed by atoms with Crippen LogP contribution in [0.1, 0.15) is 62.4 Å². The van der Waals surface area contributed by atoms with Crippen LogP contribution in [0.15, 0.2) is 42.5 Å². The summed E-state index contributed by atoms with van der Waals surface area (Å²) in [6.07, 6.45) is -1.32. The molecule has 0 radical (unpaired) electrons. The Labute approximate surface area is 218 Å². The molecule has 0 spiro atoms. The van der Waals surface area contributed by atoms with Gasteiger partial charge in [0.25, 0.3) is 5.91 Å². The van der Waals surface area contributed by atoms with E-state index in [1.165, 1.54) is 4.90 Å². The van der Waals surface area contributed by atoms with Crippen molar-refractivity contribution < 1.29 is 23.9 Å². The zero-order valence-corrected chi connectivity index (χ0v) is 22.7. The number of aryl methyl sites for hydroxylation is 3. The number of carbonyl (C=O) groups excluding carboxylic acids is 4. The van der Waals surface area contributed by atoms with Crippen molar-refractivity contribution in [1.29, 1.82) is 0 Å². The van der Waals surface area contributed by atoms with Gasteiger partial charge in [-0.05, 0) is 70.7 Å². The number of benzene rings is 2. The molecule has 2 atom stereocenters. The lowest BCUT2D eigenvalue weighted by Crippen LogP contribution is -2.53. The molecule has 200 valence electrons. The minimum absolute atomic E-state index is 0.128. The highest BCUT2D eigenvalue weighted by molar-refractivity contribution is 6.00. The Balaban J connectivity index is 2.51. The summed E-state index contributed by atoms with van der Waals surface area (Å²) in [6, 6.07) is 10.6. The second-order valence-electron chi connectivity index (χ2n) is 10.0. The van der Waals surface area contributed by atoms with Gasteiger partial charge in [-0.2, -0.15) is 0 Å². The predicted octanol–water partition coefficient (Wildman–Crippen LogP) is 3.91. The molecule has 37 heavy (non-hydrogen) atoms. The van der Waals surface area contributed by atoms with Gasteiger partial charge < -0.3 is 26.0 Å². The number of primary amides is 1. The van der Waals surface area contributed by atoms with Gasteiger partial charge in [-0.25, -0.2) is 4.79 Å². The topological polar surface area (TPSA) is 131 Å². The van der Waals surface area contributed by atoms with Crippen molar-refractivity contribution in [3.63, 3.8) is 0 Å². The highest BCUT2D eigenvalue weighted by Crippen LogP contribution is 2.28. The average molecular weight is 511 g/mol. The second-order valence-corrected chi connectivity index (χ2v) is 10.0. The molecule has 0 aromatic heterocycles. The summed E-state index contributed by atoms with van der Waals surface area (Å²) in [7, 11) is 0. The van der Waals surface area contributed by atoms with E-state index in [1.807, 2.05) is 51.1 Å². The lowest BCUT2D eigenvalue weighted by atomic mass is 9.97. The second kappa shape index (κ2) is 12.4. The van der Waals surface area contributed by atoms with E-state index in [-0.39, 0.29) is 6.54 Å². The number of carbonyl (C=O) groups is 4. The number of nitrogens with two attached hydrogens (primary N) is 1. The lowest BCUT2D eigenvalue weighted by molar-refractivity contribution is -0.141. The van der Waals surface area contributed by atoms with Crippen LogP contribution in [-0.4, -0.2) is 46.9 Å². The minimum Gasteiger partial charge on any atom is -0.444 e.